The van der Waals surface area contributed by atoms with E-state index in [0.29, 0.717) is 0 Å². The summed E-state index contributed by atoms with van der Waals surface area (Å²) in [6.45, 7) is -0.663. The van der Waals surface area contributed by atoms with E-state index in [-0.39, 0.29) is 29.6 Å². The summed E-state index contributed by atoms with van der Waals surface area (Å²) < 4.78 is 0. The molecule has 0 aromatic rings. The molecule has 0 saturated carbocycles. The van der Waals surface area contributed by atoms with Gasteiger partial charge in [0.25, 0.3) is 0 Å². The van der Waals surface area contributed by atoms with Crippen LogP contribution in [-0.4, -0.2) is 47.2 Å². The second kappa shape index (κ2) is 6.87. The Hall–Kier alpha value is -0.130. The van der Waals surface area contributed by atoms with Crippen LogP contribution in [0, 0.1) is 4.91 Å². The summed E-state index contributed by atoms with van der Waals surface area (Å²) in [4.78, 5) is 22.0. The Morgan fingerprint density at radius 2 is 2.25 bits per heavy atom. The van der Waals surface area contributed by atoms with Crippen molar-refractivity contribution in [3.05, 3.63) is 4.91 Å². The van der Waals surface area contributed by atoms with Gasteiger partial charge in [-0.1, -0.05) is 0 Å². The van der Waals surface area contributed by atoms with Crippen LogP contribution in [0.25, 0.3) is 0 Å². The Kier molecular flexibility index (Phi) is 9.26. The van der Waals surface area contributed by atoms with Crippen LogP contribution in [0.3, 0.4) is 0 Å². The molecule has 0 saturated heterocycles. The molecule has 0 aliphatic heterocycles. The summed E-state index contributed by atoms with van der Waals surface area (Å²) in [6, 6.07) is 0. The quantitative estimate of drug-likeness (QED) is 0.305. The van der Waals surface area contributed by atoms with Crippen molar-refractivity contribution in [3.8, 4) is 0 Å². The zero-order valence-electron chi connectivity index (χ0n) is 3.33. The summed E-state index contributed by atoms with van der Waals surface area (Å²) in [5, 5.41) is 9.57. The van der Waals surface area contributed by atoms with Gasteiger partial charge in [-0.15, -0.1) is 4.91 Å². The van der Waals surface area contributed by atoms with Crippen molar-refractivity contribution in [3.63, 3.8) is 0 Å². The van der Waals surface area contributed by atoms with Gasteiger partial charge in [-0.2, -0.15) is 0 Å². The molecule has 42 valence electrons. The monoisotopic (exact) mass is 129 g/mol. The van der Waals surface area contributed by atoms with Crippen LogP contribution in [0.15, 0.2) is 5.34 Å². The number of rotatable bonds is 3. The standard InChI is InChI=1S/C2H3NO4.Na.H/c4-2(5)1-7-3-6;;/h1H2,(H,4,5);;. The summed E-state index contributed by atoms with van der Waals surface area (Å²) in [5.41, 5.74) is 0. The maximum absolute atomic E-state index is 9.43. The molecule has 0 aromatic carbocycles. The van der Waals surface area contributed by atoms with E-state index in [9.17, 15) is 4.79 Å². The zero-order valence-corrected chi connectivity index (χ0v) is 3.33. The van der Waals surface area contributed by atoms with Crippen molar-refractivity contribution in [1.29, 1.82) is 0 Å². The Morgan fingerprint density at radius 3 is 2.38 bits per heavy atom. The molecule has 0 unspecified atom stereocenters. The van der Waals surface area contributed by atoms with Gasteiger partial charge in [0.05, 0.1) is 0 Å². The average Bonchev–Trinajstić information content (AvgIpc) is 1.61. The Balaban J connectivity index is 0. The first-order chi connectivity index (χ1) is 3.27. The molecule has 6 heteroatoms. The third kappa shape index (κ3) is 9.30. The molecule has 1 N–H and O–H groups in total. The number of carboxylic acid groups (broad SMARTS) is 1. The van der Waals surface area contributed by atoms with Gasteiger partial charge in [0.1, 0.15) is 0 Å². The van der Waals surface area contributed by atoms with Crippen molar-refractivity contribution in [2.75, 3.05) is 6.61 Å². The first-order valence-electron chi connectivity index (χ1n) is 1.44. The molecule has 0 aliphatic carbocycles. The minimum absolute atomic E-state index is 0. The zero-order chi connectivity index (χ0) is 5.70. The number of aliphatic carboxylic acids is 1. The van der Waals surface area contributed by atoms with E-state index in [4.69, 9.17) is 10.0 Å². The number of carboxylic acids is 1. The van der Waals surface area contributed by atoms with Gasteiger partial charge < -0.3 is 9.94 Å². The van der Waals surface area contributed by atoms with Gasteiger partial charge in [0.15, 0.2) is 5.34 Å². The van der Waals surface area contributed by atoms with Crippen molar-refractivity contribution >= 4 is 35.5 Å². The molecule has 0 fully saturated rings. The molecule has 0 aromatic heterocycles. The van der Waals surface area contributed by atoms with Crippen molar-refractivity contribution in [1.82, 2.24) is 0 Å². The third-order valence-electron chi connectivity index (χ3n) is 0.241. The Morgan fingerprint density at radius 1 is 1.75 bits per heavy atom. The molecule has 0 amide bonds. The van der Waals surface area contributed by atoms with Crippen LogP contribution in [0.5, 0.6) is 0 Å². The Labute approximate surface area is 67.2 Å². The number of nitrogens with zero attached hydrogens (tertiary/aromatic N) is 1. The van der Waals surface area contributed by atoms with Crippen molar-refractivity contribution in [2.24, 2.45) is 5.34 Å². The van der Waals surface area contributed by atoms with Gasteiger partial charge in [-0.05, 0) is 0 Å². The van der Waals surface area contributed by atoms with Crippen LogP contribution < -0.4 is 0 Å². The first-order valence-corrected chi connectivity index (χ1v) is 1.44. The number of hydrogen-bond donors (Lipinski definition) is 1. The molecule has 5 nitrogen and oxygen atoms in total. The fourth-order valence-corrected chi connectivity index (χ4v) is 0.0816. The van der Waals surface area contributed by atoms with Crippen LogP contribution in [-0.2, 0) is 9.63 Å². The van der Waals surface area contributed by atoms with Gasteiger partial charge in [0, 0.05) is 0 Å². The molecule has 8 heavy (non-hydrogen) atoms. The normalized spacial score (nSPS) is 6.50. The summed E-state index contributed by atoms with van der Waals surface area (Å²) >= 11 is 0. The SMILES string of the molecule is O=NOCC(=O)O.[NaH]. The van der Waals surface area contributed by atoms with Gasteiger partial charge in [-0.3, -0.25) is 0 Å². The molecule has 0 heterocycles. The van der Waals surface area contributed by atoms with E-state index in [1.165, 1.54) is 0 Å². The summed E-state index contributed by atoms with van der Waals surface area (Å²) in [7, 11) is 0. The van der Waals surface area contributed by atoms with Crippen LogP contribution in [0.1, 0.15) is 0 Å². The molecule has 0 spiro atoms. The van der Waals surface area contributed by atoms with E-state index >= 15 is 0 Å². The molecular weight excluding hydrogens is 125 g/mol. The second-order valence-corrected chi connectivity index (χ2v) is 0.742. The predicted molar refractivity (Wildman–Crippen MR) is 26.5 cm³/mol. The van der Waals surface area contributed by atoms with Gasteiger partial charge in [0.2, 0.25) is 6.61 Å². The fraction of sp³-hybridized carbons (Fsp3) is 0.500. The van der Waals surface area contributed by atoms with E-state index < -0.39 is 12.6 Å². The topological polar surface area (TPSA) is 76.0 Å². The molecular formula is C2H4NNaO4. The van der Waals surface area contributed by atoms with E-state index in [2.05, 4.69) is 4.84 Å². The van der Waals surface area contributed by atoms with Crippen molar-refractivity contribution < 1.29 is 14.7 Å². The van der Waals surface area contributed by atoms with Gasteiger partial charge >= 0.3 is 35.5 Å². The van der Waals surface area contributed by atoms with Crippen LogP contribution >= 0.6 is 0 Å². The predicted octanol–water partition coefficient (Wildman–Crippen LogP) is -0.879. The Bertz CT molecular complexity index is 84.1. The summed E-state index contributed by atoms with van der Waals surface area (Å²) in [5.74, 6) is -1.21. The van der Waals surface area contributed by atoms with Crippen LogP contribution in [0.4, 0.5) is 0 Å². The minimum atomic E-state index is -1.21. The maximum atomic E-state index is 9.43. The number of carbonyl (C=O) groups is 1. The van der Waals surface area contributed by atoms with E-state index in [1.807, 2.05) is 5.34 Å². The molecule has 0 bridgehead atoms. The second-order valence-electron chi connectivity index (χ2n) is 0.742. The van der Waals surface area contributed by atoms with E-state index in [0.717, 1.165) is 0 Å². The summed E-state index contributed by atoms with van der Waals surface area (Å²) in [6.07, 6.45) is 0. The number of hydrogen-bond acceptors (Lipinski definition) is 4. The molecule has 0 radical (unpaired) electrons. The molecule has 0 aliphatic rings. The van der Waals surface area contributed by atoms with E-state index in [1.54, 1.807) is 0 Å². The molecule has 0 atom stereocenters. The first kappa shape index (κ1) is 10.8. The average molecular weight is 129 g/mol. The third-order valence-corrected chi connectivity index (χ3v) is 0.241. The molecule has 0 rings (SSSR count). The van der Waals surface area contributed by atoms with Gasteiger partial charge in [-0.25, -0.2) is 4.79 Å². The van der Waals surface area contributed by atoms with Crippen LogP contribution in [0.2, 0.25) is 0 Å². The van der Waals surface area contributed by atoms with Crippen molar-refractivity contribution in [2.45, 2.75) is 0 Å². The fourth-order valence-electron chi connectivity index (χ4n) is 0.0816.